The highest BCUT2D eigenvalue weighted by Gasteiger charge is 2.23. The summed E-state index contributed by atoms with van der Waals surface area (Å²) in [6, 6.07) is 11.3. The van der Waals surface area contributed by atoms with Crippen LogP contribution in [0.1, 0.15) is 0 Å². The molecule has 0 aromatic heterocycles. The van der Waals surface area contributed by atoms with Gasteiger partial charge < -0.3 is 9.05 Å². The van der Waals surface area contributed by atoms with Gasteiger partial charge in [0.2, 0.25) is 0 Å². The molecule has 7 heteroatoms. The topological polar surface area (TPSA) is 18.5 Å². The van der Waals surface area contributed by atoms with E-state index in [9.17, 15) is 8.78 Å². The number of hydrogen-bond acceptors (Lipinski definition) is 4. The van der Waals surface area contributed by atoms with Crippen LogP contribution in [-0.2, 0) is 16.3 Å². The largest absolute Gasteiger partial charge is 0.437 e. The summed E-state index contributed by atoms with van der Waals surface area (Å²) in [4.78, 5) is 0.712. The molecule has 0 fully saturated rings. The van der Waals surface area contributed by atoms with Crippen LogP contribution in [0.25, 0.3) is 0 Å². The van der Waals surface area contributed by atoms with Gasteiger partial charge in [0.05, 0.1) is 6.26 Å². The Bertz CT molecular complexity index is 608. The lowest BCUT2D eigenvalue weighted by Crippen LogP contribution is -1.91. The van der Waals surface area contributed by atoms with E-state index >= 15 is 0 Å². The molecule has 0 saturated carbocycles. The summed E-state index contributed by atoms with van der Waals surface area (Å²) in [5.74, 6) is -0.306. The zero-order valence-corrected chi connectivity index (χ0v) is 13.3. The molecule has 2 nitrogen and oxygen atoms in total. The van der Waals surface area contributed by atoms with E-state index in [1.54, 1.807) is 12.1 Å². The lowest BCUT2D eigenvalue weighted by atomic mass is 10.3. The first-order chi connectivity index (χ1) is 10.0. The van der Waals surface area contributed by atoms with Crippen LogP contribution < -0.4 is 4.52 Å². The molecule has 0 saturated heterocycles. The van der Waals surface area contributed by atoms with E-state index in [4.69, 9.17) is 20.9 Å². The predicted molar refractivity (Wildman–Crippen MR) is 84.9 cm³/mol. The summed E-state index contributed by atoms with van der Waals surface area (Å²) < 4.78 is 36.8. The highest BCUT2D eigenvalue weighted by molar-refractivity contribution is 8.68. The van der Waals surface area contributed by atoms with Crippen molar-refractivity contribution < 1.29 is 17.8 Å². The molecule has 0 radical (unpaired) electrons. The van der Waals surface area contributed by atoms with Gasteiger partial charge in [0, 0.05) is 16.7 Å². The Balaban J connectivity index is 2.19. The molecule has 1 atom stereocenters. The minimum atomic E-state index is -2.81. The molecule has 2 rings (SSSR count). The third-order valence-electron chi connectivity index (χ3n) is 2.27. The van der Waals surface area contributed by atoms with E-state index in [-0.39, 0.29) is 11.6 Å². The number of hydrogen-bond donors (Lipinski definition) is 0. The summed E-state index contributed by atoms with van der Waals surface area (Å²) in [5.41, 5.74) is -2.81. The van der Waals surface area contributed by atoms with Gasteiger partial charge in [-0.15, -0.1) is 0 Å². The van der Waals surface area contributed by atoms with E-state index in [0.717, 1.165) is 0 Å². The van der Waals surface area contributed by atoms with Gasteiger partial charge in [0.25, 0.3) is 0 Å². The maximum Gasteiger partial charge on any atom is 0.352 e. The molecule has 2 aromatic rings. The van der Waals surface area contributed by atoms with Crippen molar-refractivity contribution in [3.05, 3.63) is 73.0 Å². The van der Waals surface area contributed by atoms with Gasteiger partial charge in [-0.3, -0.25) is 0 Å². The minimum absolute atomic E-state index is 0.336. The second-order valence-electron chi connectivity index (χ2n) is 3.81. The molecule has 0 aliphatic carbocycles. The van der Waals surface area contributed by atoms with Crippen molar-refractivity contribution >= 4 is 28.9 Å². The average molecular weight is 344 g/mol. The van der Waals surface area contributed by atoms with E-state index in [2.05, 4.69) is 6.58 Å². The third-order valence-corrected chi connectivity index (χ3v) is 6.75. The SMILES string of the molecule is C=COP(=S)(Oc1ccc(F)cc1)Sc1ccc(F)cc1. The molecule has 1 unspecified atom stereocenters. The van der Waals surface area contributed by atoms with Crippen LogP contribution in [0.15, 0.2) is 66.3 Å². The van der Waals surface area contributed by atoms with E-state index in [1.165, 1.54) is 54.0 Å². The number of benzene rings is 2. The fraction of sp³-hybridized carbons (Fsp3) is 0. The van der Waals surface area contributed by atoms with Crippen LogP contribution in [-0.4, -0.2) is 0 Å². The van der Waals surface area contributed by atoms with Gasteiger partial charge in [-0.2, -0.15) is 0 Å². The van der Waals surface area contributed by atoms with Crippen LogP contribution in [0, 0.1) is 11.6 Å². The van der Waals surface area contributed by atoms with Gasteiger partial charge in [0.15, 0.2) is 0 Å². The molecule has 0 N–H and O–H groups in total. The molecular weight excluding hydrogens is 333 g/mol. The Labute approximate surface area is 130 Å². The Morgan fingerprint density at radius 1 is 1.00 bits per heavy atom. The van der Waals surface area contributed by atoms with Crippen molar-refractivity contribution in [1.82, 2.24) is 0 Å². The molecule has 21 heavy (non-hydrogen) atoms. The summed E-state index contributed by atoms with van der Waals surface area (Å²) in [7, 11) is 0. The highest BCUT2D eigenvalue weighted by Crippen LogP contribution is 2.63. The number of rotatable bonds is 6. The van der Waals surface area contributed by atoms with E-state index in [0.29, 0.717) is 10.6 Å². The van der Waals surface area contributed by atoms with Gasteiger partial charge in [-0.1, -0.05) is 6.58 Å². The minimum Gasteiger partial charge on any atom is -0.437 e. The molecular formula is C14H11F2O2PS2. The molecule has 0 heterocycles. The fourth-order valence-corrected chi connectivity index (χ4v) is 5.64. The molecule has 2 aromatic carbocycles. The maximum absolute atomic E-state index is 12.9. The Morgan fingerprint density at radius 3 is 2.05 bits per heavy atom. The van der Waals surface area contributed by atoms with Gasteiger partial charge >= 0.3 is 5.69 Å². The Morgan fingerprint density at radius 2 is 1.52 bits per heavy atom. The summed E-state index contributed by atoms with van der Waals surface area (Å²) in [6.07, 6.45) is 1.21. The van der Waals surface area contributed by atoms with Gasteiger partial charge in [-0.05, 0) is 59.9 Å². The predicted octanol–water partition coefficient (Wildman–Crippen LogP) is 5.52. The first-order valence-corrected chi connectivity index (χ1v) is 9.86. The van der Waals surface area contributed by atoms with Gasteiger partial charge in [-0.25, -0.2) is 8.78 Å². The summed E-state index contributed by atoms with van der Waals surface area (Å²) in [5, 5.41) is 0. The van der Waals surface area contributed by atoms with Crippen LogP contribution in [0.2, 0.25) is 0 Å². The molecule has 0 amide bonds. The fourth-order valence-electron chi connectivity index (χ4n) is 1.40. The zero-order chi connectivity index (χ0) is 15.3. The average Bonchev–Trinajstić information content (AvgIpc) is 2.44. The van der Waals surface area contributed by atoms with Crippen molar-refractivity contribution in [2.45, 2.75) is 4.90 Å². The molecule has 0 spiro atoms. The molecule has 110 valence electrons. The normalized spacial score (nSPS) is 13.2. The van der Waals surface area contributed by atoms with Crippen molar-refractivity contribution in [3.63, 3.8) is 0 Å². The maximum atomic E-state index is 12.9. The van der Waals surface area contributed by atoms with Gasteiger partial charge in [0.1, 0.15) is 17.4 Å². The van der Waals surface area contributed by atoms with Crippen LogP contribution in [0.4, 0.5) is 8.78 Å². The summed E-state index contributed by atoms with van der Waals surface area (Å²) in [6.45, 7) is 3.48. The van der Waals surface area contributed by atoms with Crippen molar-refractivity contribution in [1.29, 1.82) is 0 Å². The standard InChI is InChI=1S/C14H11F2O2PS2/c1-2-17-19(20,18-13-7-3-11(15)4-8-13)21-14-9-5-12(16)6-10-14/h2-10H,1H2. The summed E-state index contributed by atoms with van der Waals surface area (Å²) >= 11 is 6.57. The highest BCUT2D eigenvalue weighted by atomic mass is 32.9. The van der Waals surface area contributed by atoms with Crippen molar-refractivity contribution in [3.8, 4) is 5.75 Å². The first kappa shape index (κ1) is 16.0. The Hall–Kier alpha value is -1.36. The van der Waals surface area contributed by atoms with Crippen molar-refractivity contribution in [2.24, 2.45) is 0 Å². The number of halogens is 2. The molecule has 0 bridgehead atoms. The molecule has 0 aliphatic heterocycles. The Kier molecular flexibility index (Phi) is 5.39. The second-order valence-corrected chi connectivity index (χ2v) is 9.88. The van der Waals surface area contributed by atoms with Crippen LogP contribution in [0.5, 0.6) is 5.75 Å². The van der Waals surface area contributed by atoms with Crippen molar-refractivity contribution in [2.75, 3.05) is 0 Å². The van der Waals surface area contributed by atoms with E-state index in [1.807, 2.05) is 0 Å². The monoisotopic (exact) mass is 344 g/mol. The lowest BCUT2D eigenvalue weighted by Gasteiger charge is -2.20. The second kappa shape index (κ2) is 7.07. The van der Waals surface area contributed by atoms with Crippen LogP contribution >= 0.6 is 17.1 Å². The quantitative estimate of drug-likeness (QED) is 0.507. The first-order valence-electron chi connectivity index (χ1n) is 5.80. The van der Waals surface area contributed by atoms with E-state index < -0.39 is 5.69 Å². The zero-order valence-electron chi connectivity index (χ0n) is 10.7. The molecule has 0 aliphatic rings. The smallest absolute Gasteiger partial charge is 0.352 e. The van der Waals surface area contributed by atoms with Crippen LogP contribution in [0.3, 0.4) is 0 Å². The lowest BCUT2D eigenvalue weighted by molar-refractivity contribution is 0.459. The third kappa shape index (κ3) is 4.84.